The number of carboxylic acid groups (broad SMARTS) is 1. The van der Waals surface area contributed by atoms with Gasteiger partial charge < -0.3 is 15.7 Å². The summed E-state index contributed by atoms with van der Waals surface area (Å²) in [6.07, 6.45) is 3.29. The molecule has 1 aromatic heterocycles. The number of nitrogens with one attached hydrogen (secondary N) is 2. The fourth-order valence-corrected chi connectivity index (χ4v) is 4.49. The standard InChI is InChI=1S/C16H16N2O3S/c19-15(18-13-6-9-2-3-12(13)17-9)8-1-4-14-10(5-8)11(7-22-14)16(20)21/h1,4-5,7,9,12-13,17H,2-3,6H2,(H,18,19)(H,20,21)/t9-,12+,13-/m1/s1. The highest BCUT2D eigenvalue weighted by Gasteiger charge is 2.39. The minimum atomic E-state index is -0.957. The monoisotopic (exact) mass is 316 g/mol. The van der Waals surface area contributed by atoms with Crippen LogP contribution < -0.4 is 10.6 Å². The van der Waals surface area contributed by atoms with E-state index in [0.29, 0.717) is 23.0 Å². The van der Waals surface area contributed by atoms with Crippen molar-refractivity contribution in [1.82, 2.24) is 10.6 Å². The van der Waals surface area contributed by atoms with Gasteiger partial charge in [0, 0.05) is 39.2 Å². The molecule has 2 aliphatic heterocycles. The van der Waals surface area contributed by atoms with Gasteiger partial charge in [0.05, 0.1) is 5.56 Å². The predicted octanol–water partition coefficient (Wildman–Crippen LogP) is 2.22. The molecular weight excluding hydrogens is 300 g/mol. The van der Waals surface area contributed by atoms with E-state index in [9.17, 15) is 14.7 Å². The topological polar surface area (TPSA) is 78.4 Å². The average molecular weight is 316 g/mol. The second-order valence-electron chi connectivity index (χ2n) is 6.03. The first kappa shape index (κ1) is 13.7. The van der Waals surface area contributed by atoms with Crippen LogP contribution in [0.1, 0.15) is 40.0 Å². The first-order valence-electron chi connectivity index (χ1n) is 7.43. The van der Waals surface area contributed by atoms with Crippen molar-refractivity contribution in [1.29, 1.82) is 0 Å². The third-order valence-electron chi connectivity index (χ3n) is 4.68. The van der Waals surface area contributed by atoms with Gasteiger partial charge in [-0.2, -0.15) is 0 Å². The molecule has 4 rings (SSSR count). The van der Waals surface area contributed by atoms with Crippen molar-refractivity contribution in [2.45, 2.75) is 37.4 Å². The zero-order valence-electron chi connectivity index (χ0n) is 11.8. The Labute approximate surface area is 131 Å². The molecule has 2 aromatic rings. The van der Waals surface area contributed by atoms with E-state index in [0.717, 1.165) is 17.5 Å². The van der Waals surface area contributed by atoms with Crippen LogP contribution in [0.5, 0.6) is 0 Å². The molecule has 1 amide bonds. The zero-order chi connectivity index (χ0) is 15.3. The van der Waals surface area contributed by atoms with E-state index in [-0.39, 0.29) is 17.5 Å². The van der Waals surface area contributed by atoms with Crippen molar-refractivity contribution in [2.75, 3.05) is 0 Å². The molecule has 5 nitrogen and oxygen atoms in total. The highest BCUT2D eigenvalue weighted by molar-refractivity contribution is 7.17. The van der Waals surface area contributed by atoms with Gasteiger partial charge in [-0.05, 0) is 37.5 Å². The van der Waals surface area contributed by atoms with Gasteiger partial charge in [0.2, 0.25) is 0 Å². The van der Waals surface area contributed by atoms with Crippen LogP contribution in [-0.2, 0) is 0 Å². The van der Waals surface area contributed by atoms with Gasteiger partial charge in [0.15, 0.2) is 0 Å². The molecular formula is C16H16N2O3S. The highest BCUT2D eigenvalue weighted by Crippen LogP contribution is 2.29. The molecule has 0 aliphatic carbocycles. The summed E-state index contributed by atoms with van der Waals surface area (Å²) >= 11 is 1.38. The molecule has 2 saturated heterocycles. The fourth-order valence-electron chi connectivity index (χ4n) is 3.57. The maximum atomic E-state index is 12.4. The Hall–Kier alpha value is -1.92. The van der Waals surface area contributed by atoms with Crippen LogP contribution >= 0.6 is 11.3 Å². The maximum absolute atomic E-state index is 12.4. The van der Waals surface area contributed by atoms with Crippen molar-refractivity contribution >= 4 is 33.3 Å². The molecule has 0 saturated carbocycles. The molecule has 0 spiro atoms. The van der Waals surface area contributed by atoms with Gasteiger partial charge in [-0.25, -0.2) is 4.79 Å². The smallest absolute Gasteiger partial charge is 0.337 e. The summed E-state index contributed by atoms with van der Waals surface area (Å²) in [4.78, 5) is 23.7. The van der Waals surface area contributed by atoms with E-state index in [2.05, 4.69) is 10.6 Å². The first-order valence-corrected chi connectivity index (χ1v) is 8.31. The van der Waals surface area contributed by atoms with E-state index in [4.69, 9.17) is 0 Å². The summed E-state index contributed by atoms with van der Waals surface area (Å²) in [7, 11) is 0. The number of rotatable bonds is 3. The second kappa shape index (κ2) is 5.07. The number of carbonyl (C=O) groups excluding carboxylic acids is 1. The lowest BCUT2D eigenvalue weighted by atomic mass is 9.95. The van der Waals surface area contributed by atoms with E-state index in [1.807, 2.05) is 6.07 Å². The number of hydrogen-bond acceptors (Lipinski definition) is 4. The van der Waals surface area contributed by atoms with Crippen LogP contribution in [0.2, 0.25) is 0 Å². The van der Waals surface area contributed by atoms with Crippen LogP contribution in [0.3, 0.4) is 0 Å². The van der Waals surface area contributed by atoms with Crippen molar-refractivity contribution in [3.63, 3.8) is 0 Å². The van der Waals surface area contributed by atoms with Crippen LogP contribution in [0.25, 0.3) is 10.1 Å². The molecule has 3 N–H and O–H groups in total. The number of benzene rings is 1. The minimum Gasteiger partial charge on any atom is -0.478 e. The van der Waals surface area contributed by atoms with Crippen molar-refractivity contribution in [3.05, 3.63) is 34.7 Å². The van der Waals surface area contributed by atoms with Gasteiger partial charge in [-0.1, -0.05) is 0 Å². The predicted molar refractivity (Wildman–Crippen MR) is 84.6 cm³/mol. The summed E-state index contributed by atoms with van der Waals surface area (Å²) < 4.78 is 0.885. The lowest BCUT2D eigenvalue weighted by Gasteiger charge is -2.21. The van der Waals surface area contributed by atoms with Gasteiger partial charge in [-0.3, -0.25) is 4.79 Å². The number of thiophene rings is 1. The Morgan fingerprint density at radius 1 is 1.32 bits per heavy atom. The summed E-state index contributed by atoms with van der Waals surface area (Å²) in [5.74, 6) is -1.08. The quantitative estimate of drug-likeness (QED) is 0.811. The Morgan fingerprint density at radius 2 is 2.18 bits per heavy atom. The average Bonchev–Trinajstić information content (AvgIpc) is 3.20. The van der Waals surface area contributed by atoms with Crippen LogP contribution in [0, 0.1) is 0 Å². The van der Waals surface area contributed by atoms with Crippen molar-refractivity contribution in [2.24, 2.45) is 0 Å². The van der Waals surface area contributed by atoms with Gasteiger partial charge in [-0.15, -0.1) is 11.3 Å². The van der Waals surface area contributed by atoms with E-state index < -0.39 is 5.97 Å². The third kappa shape index (κ3) is 2.19. The van der Waals surface area contributed by atoms with Crippen LogP contribution in [0.15, 0.2) is 23.6 Å². The first-order chi connectivity index (χ1) is 10.6. The number of hydrogen-bond donors (Lipinski definition) is 3. The lowest BCUT2D eigenvalue weighted by molar-refractivity contribution is 0.0699. The fraction of sp³-hybridized carbons (Fsp3) is 0.375. The summed E-state index contributed by atoms with van der Waals surface area (Å²) in [5.41, 5.74) is 0.785. The van der Waals surface area contributed by atoms with Gasteiger partial charge >= 0.3 is 5.97 Å². The molecule has 0 radical (unpaired) electrons. The number of aromatic carboxylic acids is 1. The molecule has 2 bridgehead atoms. The van der Waals surface area contributed by atoms with E-state index in [1.165, 1.54) is 17.8 Å². The normalized spacial score (nSPS) is 26.5. The molecule has 6 heteroatoms. The summed E-state index contributed by atoms with van der Waals surface area (Å²) in [6, 6.07) is 6.37. The van der Waals surface area contributed by atoms with Gasteiger partial charge in [0.25, 0.3) is 5.91 Å². The van der Waals surface area contributed by atoms with Crippen molar-refractivity contribution in [3.8, 4) is 0 Å². The largest absolute Gasteiger partial charge is 0.478 e. The van der Waals surface area contributed by atoms with Crippen LogP contribution in [-0.4, -0.2) is 35.1 Å². The second-order valence-corrected chi connectivity index (χ2v) is 6.94. The molecule has 114 valence electrons. The Kier molecular flexibility index (Phi) is 3.16. The van der Waals surface area contributed by atoms with E-state index in [1.54, 1.807) is 17.5 Å². The Morgan fingerprint density at radius 3 is 2.86 bits per heavy atom. The number of carbonyl (C=O) groups is 2. The number of amides is 1. The highest BCUT2D eigenvalue weighted by atomic mass is 32.1. The zero-order valence-corrected chi connectivity index (χ0v) is 12.7. The molecule has 2 fully saturated rings. The molecule has 2 aliphatic rings. The minimum absolute atomic E-state index is 0.121. The summed E-state index contributed by atoms with van der Waals surface area (Å²) in [6.45, 7) is 0. The van der Waals surface area contributed by atoms with E-state index >= 15 is 0 Å². The Bertz CT molecular complexity index is 770. The maximum Gasteiger partial charge on any atom is 0.337 e. The lowest BCUT2D eigenvalue weighted by Crippen LogP contribution is -2.42. The third-order valence-corrected chi connectivity index (χ3v) is 5.65. The molecule has 1 aromatic carbocycles. The Balaban J connectivity index is 1.59. The number of fused-ring (bicyclic) bond motifs is 3. The van der Waals surface area contributed by atoms with Gasteiger partial charge in [0.1, 0.15) is 0 Å². The van der Waals surface area contributed by atoms with Crippen molar-refractivity contribution < 1.29 is 14.7 Å². The molecule has 0 unspecified atom stereocenters. The molecule has 3 heterocycles. The molecule has 3 atom stereocenters. The summed E-state index contributed by atoms with van der Waals surface area (Å²) in [5, 5.41) is 18.0. The van der Waals surface area contributed by atoms with Crippen LogP contribution in [0.4, 0.5) is 0 Å². The SMILES string of the molecule is O=C(N[C@@H]1C[C@H]2CC[C@@H]1N2)c1ccc2scc(C(=O)O)c2c1. The molecule has 22 heavy (non-hydrogen) atoms. The number of carboxylic acids is 1.